The molecule has 3 aromatic rings. The molecule has 0 N–H and O–H groups in total. The molecule has 0 aliphatic carbocycles. The zero-order chi connectivity index (χ0) is 14.3. The highest BCUT2D eigenvalue weighted by atomic mass is 35.5. The molecule has 0 spiro atoms. The Morgan fingerprint density at radius 1 is 1.20 bits per heavy atom. The van der Waals surface area contributed by atoms with Crippen LogP contribution in [0.4, 0.5) is 4.39 Å². The predicted octanol–water partition coefficient (Wildman–Crippen LogP) is 4.87. The Labute approximate surface area is 125 Å². The van der Waals surface area contributed by atoms with Crippen LogP contribution in [0.25, 0.3) is 16.7 Å². The monoisotopic (exact) mass is 308 g/mol. The zero-order valence-corrected chi connectivity index (χ0v) is 12.2. The summed E-state index contributed by atoms with van der Waals surface area (Å²) in [6.07, 6.45) is 0. The molecule has 102 valence electrons. The van der Waals surface area contributed by atoms with Gasteiger partial charge in [0.1, 0.15) is 11.6 Å². The van der Waals surface area contributed by atoms with Gasteiger partial charge in [0.25, 0.3) is 0 Å². The molecule has 0 amide bonds. The van der Waals surface area contributed by atoms with Gasteiger partial charge in [-0.1, -0.05) is 17.7 Å². The Balaban J connectivity index is 2.34. The Bertz CT molecular complexity index is 796. The van der Waals surface area contributed by atoms with E-state index in [0.717, 1.165) is 16.6 Å². The SMILES string of the molecule is Cc1ccc2c(c1)nc(CCl)n2-c1ccc(F)cc1Cl. The van der Waals surface area contributed by atoms with Gasteiger partial charge in [0.05, 0.1) is 27.6 Å². The fourth-order valence-corrected chi connectivity index (χ4v) is 2.69. The molecule has 0 saturated carbocycles. The minimum absolute atomic E-state index is 0.251. The lowest BCUT2D eigenvalue weighted by molar-refractivity contribution is 0.627. The minimum Gasteiger partial charge on any atom is -0.294 e. The van der Waals surface area contributed by atoms with Crippen LogP contribution < -0.4 is 0 Å². The van der Waals surface area contributed by atoms with Crippen molar-refractivity contribution in [1.82, 2.24) is 9.55 Å². The van der Waals surface area contributed by atoms with E-state index in [1.54, 1.807) is 6.07 Å². The second kappa shape index (κ2) is 5.08. The summed E-state index contributed by atoms with van der Waals surface area (Å²) in [5, 5.41) is 0.330. The number of benzene rings is 2. The van der Waals surface area contributed by atoms with E-state index in [2.05, 4.69) is 4.98 Å². The lowest BCUT2D eigenvalue weighted by Crippen LogP contribution is -2.00. The third kappa shape index (κ3) is 2.17. The van der Waals surface area contributed by atoms with Crippen molar-refractivity contribution < 1.29 is 4.39 Å². The molecule has 5 heteroatoms. The largest absolute Gasteiger partial charge is 0.294 e. The topological polar surface area (TPSA) is 17.8 Å². The van der Waals surface area contributed by atoms with Gasteiger partial charge in [0, 0.05) is 0 Å². The normalized spacial score (nSPS) is 11.2. The molecule has 0 aliphatic rings. The highest BCUT2D eigenvalue weighted by Gasteiger charge is 2.14. The Kier molecular flexibility index (Phi) is 3.40. The molecule has 0 fully saturated rings. The van der Waals surface area contributed by atoms with Gasteiger partial charge in [-0.25, -0.2) is 9.37 Å². The summed E-state index contributed by atoms with van der Waals surface area (Å²) in [4.78, 5) is 4.51. The lowest BCUT2D eigenvalue weighted by atomic mass is 10.2. The quantitative estimate of drug-likeness (QED) is 0.618. The maximum Gasteiger partial charge on any atom is 0.129 e. The van der Waals surface area contributed by atoms with E-state index in [0.29, 0.717) is 16.5 Å². The zero-order valence-electron chi connectivity index (χ0n) is 10.7. The third-order valence-electron chi connectivity index (χ3n) is 3.15. The van der Waals surface area contributed by atoms with Crippen LogP contribution in [0.15, 0.2) is 36.4 Å². The Hall–Kier alpha value is -1.58. The minimum atomic E-state index is -0.369. The van der Waals surface area contributed by atoms with Crippen molar-refractivity contribution in [3.05, 3.63) is 58.6 Å². The van der Waals surface area contributed by atoms with Crippen LogP contribution in [0.3, 0.4) is 0 Å². The number of hydrogen-bond donors (Lipinski definition) is 0. The fraction of sp³-hybridized carbons (Fsp3) is 0.133. The van der Waals surface area contributed by atoms with Crippen molar-refractivity contribution in [3.63, 3.8) is 0 Å². The first kappa shape index (κ1) is 13.4. The van der Waals surface area contributed by atoms with E-state index in [9.17, 15) is 4.39 Å². The molecule has 0 saturated heterocycles. The van der Waals surface area contributed by atoms with Gasteiger partial charge >= 0.3 is 0 Å². The maximum absolute atomic E-state index is 13.2. The summed E-state index contributed by atoms with van der Waals surface area (Å²) in [5.41, 5.74) is 3.55. The van der Waals surface area contributed by atoms with Crippen LogP contribution in [-0.4, -0.2) is 9.55 Å². The van der Waals surface area contributed by atoms with Crippen LogP contribution in [0.5, 0.6) is 0 Å². The summed E-state index contributed by atoms with van der Waals surface area (Å²) >= 11 is 12.1. The highest BCUT2D eigenvalue weighted by molar-refractivity contribution is 6.32. The van der Waals surface area contributed by atoms with E-state index in [1.807, 2.05) is 29.7 Å². The summed E-state index contributed by atoms with van der Waals surface area (Å²) in [7, 11) is 0. The maximum atomic E-state index is 13.2. The molecular weight excluding hydrogens is 298 g/mol. The van der Waals surface area contributed by atoms with E-state index in [-0.39, 0.29) is 11.7 Å². The number of fused-ring (bicyclic) bond motifs is 1. The van der Waals surface area contributed by atoms with E-state index in [4.69, 9.17) is 23.2 Å². The van der Waals surface area contributed by atoms with Crippen molar-refractivity contribution in [2.45, 2.75) is 12.8 Å². The second-order valence-electron chi connectivity index (χ2n) is 4.58. The molecule has 0 aliphatic heterocycles. The van der Waals surface area contributed by atoms with Crippen molar-refractivity contribution in [1.29, 1.82) is 0 Å². The molecule has 2 nitrogen and oxygen atoms in total. The summed E-state index contributed by atoms with van der Waals surface area (Å²) in [5.74, 6) is 0.564. The van der Waals surface area contributed by atoms with Crippen LogP contribution in [-0.2, 0) is 5.88 Å². The molecule has 0 bridgehead atoms. The van der Waals surface area contributed by atoms with Gasteiger partial charge < -0.3 is 0 Å². The van der Waals surface area contributed by atoms with Gasteiger partial charge in [0.2, 0.25) is 0 Å². The van der Waals surface area contributed by atoms with E-state index >= 15 is 0 Å². The summed E-state index contributed by atoms with van der Waals surface area (Å²) in [6, 6.07) is 10.2. The van der Waals surface area contributed by atoms with Gasteiger partial charge in [-0.15, -0.1) is 11.6 Å². The molecule has 3 rings (SSSR count). The third-order valence-corrected chi connectivity index (χ3v) is 3.69. The van der Waals surface area contributed by atoms with Gasteiger partial charge in [0.15, 0.2) is 0 Å². The number of aromatic nitrogens is 2. The number of aryl methyl sites for hydroxylation is 1. The molecule has 0 unspecified atom stereocenters. The Morgan fingerprint density at radius 3 is 2.70 bits per heavy atom. The smallest absolute Gasteiger partial charge is 0.129 e. The summed E-state index contributed by atoms with van der Waals surface area (Å²) in [6.45, 7) is 2.00. The number of imidazole rings is 1. The number of alkyl halides is 1. The standard InChI is InChI=1S/C15H11Cl2FN2/c1-9-2-4-14-12(6-9)19-15(8-16)20(14)13-5-3-10(18)7-11(13)17/h2-7H,8H2,1H3. The molecule has 0 atom stereocenters. The van der Waals surface area contributed by atoms with Crippen LogP contribution in [0.2, 0.25) is 5.02 Å². The average molecular weight is 309 g/mol. The summed E-state index contributed by atoms with van der Waals surface area (Å²) < 4.78 is 15.1. The fourth-order valence-electron chi connectivity index (χ4n) is 2.26. The van der Waals surface area contributed by atoms with Crippen molar-refractivity contribution in [3.8, 4) is 5.69 Å². The highest BCUT2D eigenvalue weighted by Crippen LogP contribution is 2.28. The van der Waals surface area contributed by atoms with Gasteiger partial charge in [-0.05, 0) is 42.8 Å². The van der Waals surface area contributed by atoms with E-state index in [1.165, 1.54) is 12.1 Å². The first-order chi connectivity index (χ1) is 9.60. The van der Waals surface area contributed by atoms with Crippen LogP contribution in [0, 0.1) is 12.7 Å². The number of halogens is 3. The van der Waals surface area contributed by atoms with Gasteiger partial charge in [-0.2, -0.15) is 0 Å². The van der Waals surface area contributed by atoms with Crippen LogP contribution >= 0.6 is 23.2 Å². The second-order valence-corrected chi connectivity index (χ2v) is 5.26. The van der Waals surface area contributed by atoms with Crippen LogP contribution in [0.1, 0.15) is 11.4 Å². The van der Waals surface area contributed by atoms with Crippen molar-refractivity contribution in [2.24, 2.45) is 0 Å². The molecule has 20 heavy (non-hydrogen) atoms. The molecule has 2 aromatic carbocycles. The first-order valence-electron chi connectivity index (χ1n) is 6.09. The van der Waals surface area contributed by atoms with Crippen molar-refractivity contribution in [2.75, 3.05) is 0 Å². The average Bonchev–Trinajstić information content (AvgIpc) is 2.76. The number of rotatable bonds is 2. The lowest BCUT2D eigenvalue weighted by Gasteiger charge is -2.10. The molecule has 0 radical (unpaired) electrons. The van der Waals surface area contributed by atoms with E-state index < -0.39 is 0 Å². The first-order valence-corrected chi connectivity index (χ1v) is 7.01. The molecule has 1 heterocycles. The van der Waals surface area contributed by atoms with Gasteiger partial charge in [-0.3, -0.25) is 4.57 Å². The molecule has 1 aromatic heterocycles. The molecular formula is C15H11Cl2FN2. The Morgan fingerprint density at radius 2 is 2.00 bits per heavy atom. The predicted molar refractivity (Wildman–Crippen MR) is 80.3 cm³/mol. The number of hydrogen-bond acceptors (Lipinski definition) is 1. The number of nitrogens with zero attached hydrogens (tertiary/aromatic N) is 2. The van der Waals surface area contributed by atoms with Crippen molar-refractivity contribution >= 4 is 34.2 Å².